The highest BCUT2D eigenvalue weighted by molar-refractivity contribution is 5.91. The molecular formula is C11H9F4NO. The molecule has 0 aliphatic rings. The molecule has 0 bridgehead atoms. The fourth-order valence-corrected chi connectivity index (χ4v) is 1.16. The number of nitrogens with one attached hydrogen (secondary N) is 1. The third-order valence-electron chi connectivity index (χ3n) is 1.78. The van der Waals surface area contributed by atoms with Crippen LogP contribution < -0.4 is 5.32 Å². The van der Waals surface area contributed by atoms with Crippen LogP contribution in [0.3, 0.4) is 0 Å². The van der Waals surface area contributed by atoms with E-state index in [1.165, 1.54) is 13.0 Å². The van der Waals surface area contributed by atoms with Crippen molar-refractivity contribution < 1.29 is 22.4 Å². The zero-order valence-electron chi connectivity index (χ0n) is 8.81. The van der Waals surface area contributed by atoms with Gasteiger partial charge < -0.3 is 5.32 Å². The maximum Gasteiger partial charge on any atom is 0.409 e. The molecule has 0 heterocycles. The van der Waals surface area contributed by atoms with E-state index in [-0.39, 0.29) is 17.3 Å². The molecule has 0 aliphatic carbocycles. The molecule has 1 amide bonds. The molecule has 0 aromatic heterocycles. The lowest BCUT2D eigenvalue weighted by Crippen LogP contribution is -2.07. The predicted octanol–water partition coefficient (Wildman–Crippen LogP) is 3.36. The van der Waals surface area contributed by atoms with E-state index >= 15 is 0 Å². The quantitative estimate of drug-likeness (QED) is 0.798. The number of benzene rings is 1. The predicted molar refractivity (Wildman–Crippen MR) is 55.8 cm³/mol. The Balaban J connectivity index is 3.07. The fraction of sp³-hybridized carbons (Fsp3) is 0.182. The number of hydrogen-bond donors (Lipinski definition) is 1. The van der Waals surface area contributed by atoms with Crippen molar-refractivity contribution in [2.45, 2.75) is 13.1 Å². The number of halogens is 4. The first-order valence-corrected chi connectivity index (χ1v) is 4.61. The lowest BCUT2D eigenvalue weighted by molar-refractivity contribution is -0.114. The first kappa shape index (κ1) is 13.2. The molecule has 0 atom stereocenters. The normalized spacial score (nSPS) is 11.8. The number of alkyl halides is 3. The Kier molecular flexibility index (Phi) is 3.88. The van der Waals surface area contributed by atoms with Crippen LogP contribution in [0.1, 0.15) is 12.5 Å². The molecule has 2 nitrogen and oxygen atoms in total. The Labute approximate surface area is 94.9 Å². The minimum atomic E-state index is -4.49. The van der Waals surface area contributed by atoms with E-state index < -0.39 is 17.9 Å². The number of amides is 1. The van der Waals surface area contributed by atoms with Gasteiger partial charge in [0.1, 0.15) is 5.82 Å². The first-order chi connectivity index (χ1) is 7.78. The molecular weight excluding hydrogens is 238 g/mol. The van der Waals surface area contributed by atoms with Crippen LogP contribution in [0.4, 0.5) is 23.2 Å². The Bertz CT molecular complexity index is 451. The second-order valence-corrected chi connectivity index (χ2v) is 3.29. The molecule has 0 saturated carbocycles. The van der Waals surface area contributed by atoms with E-state index in [0.717, 1.165) is 12.1 Å². The molecule has 1 aromatic rings. The monoisotopic (exact) mass is 247 g/mol. The Hall–Kier alpha value is -1.85. The molecule has 1 aromatic carbocycles. The van der Waals surface area contributed by atoms with Crippen molar-refractivity contribution in [1.29, 1.82) is 0 Å². The van der Waals surface area contributed by atoms with Crippen LogP contribution in [-0.4, -0.2) is 12.1 Å². The molecule has 1 rings (SSSR count). The highest BCUT2D eigenvalue weighted by atomic mass is 19.4. The van der Waals surface area contributed by atoms with Gasteiger partial charge in [-0.25, -0.2) is 4.39 Å². The largest absolute Gasteiger partial charge is 0.409 e. The molecule has 0 fully saturated rings. The van der Waals surface area contributed by atoms with Gasteiger partial charge >= 0.3 is 6.18 Å². The molecule has 0 saturated heterocycles. The summed E-state index contributed by atoms with van der Waals surface area (Å²) >= 11 is 0. The molecule has 0 spiro atoms. The summed E-state index contributed by atoms with van der Waals surface area (Å²) in [5, 5.41) is 2.31. The van der Waals surface area contributed by atoms with E-state index in [4.69, 9.17) is 0 Å². The zero-order valence-corrected chi connectivity index (χ0v) is 8.81. The van der Waals surface area contributed by atoms with Gasteiger partial charge in [0.25, 0.3) is 0 Å². The third kappa shape index (κ3) is 4.67. The van der Waals surface area contributed by atoms with Crippen molar-refractivity contribution in [3.05, 3.63) is 35.7 Å². The summed E-state index contributed by atoms with van der Waals surface area (Å²) in [5.41, 5.74) is 0.0805. The molecule has 0 radical (unpaired) electrons. The second-order valence-electron chi connectivity index (χ2n) is 3.29. The maximum atomic E-state index is 12.9. The third-order valence-corrected chi connectivity index (χ3v) is 1.78. The summed E-state index contributed by atoms with van der Waals surface area (Å²) in [6.07, 6.45) is -3.80. The van der Waals surface area contributed by atoms with Gasteiger partial charge in [-0.15, -0.1) is 0 Å². The summed E-state index contributed by atoms with van der Waals surface area (Å²) in [4.78, 5) is 10.8. The van der Waals surface area contributed by atoms with Gasteiger partial charge in [-0.05, 0) is 24.3 Å². The highest BCUT2D eigenvalue weighted by Gasteiger charge is 2.22. The molecule has 6 heteroatoms. The van der Waals surface area contributed by atoms with Crippen LogP contribution in [0.5, 0.6) is 0 Å². The lowest BCUT2D eigenvalue weighted by Gasteiger charge is -2.07. The van der Waals surface area contributed by atoms with Crippen LogP contribution >= 0.6 is 0 Å². The number of rotatable bonds is 2. The summed E-state index contributed by atoms with van der Waals surface area (Å²) in [6.45, 7) is 1.21. The summed E-state index contributed by atoms with van der Waals surface area (Å²) in [5.74, 6) is -1.13. The summed E-state index contributed by atoms with van der Waals surface area (Å²) in [7, 11) is 0. The van der Waals surface area contributed by atoms with Crippen LogP contribution in [0.2, 0.25) is 0 Å². The minimum absolute atomic E-state index is 0.0207. The van der Waals surface area contributed by atoms with E-state index in [1.807, 2.05) is 0 Å². The van der Waals surface area contributed by atoms with Crippen LogP contribution in [0, 0.1) is 5.82 Å². The Morgan fingerprint density at radius 2 is 2.00 bits per heavy atom. The van der Waals surface area contributed by atoms with E-state index in [0.29, 0.717) is 6.08 Å². The van der Waals surface area contributed by atoms with Gasteiger partial charge in [-0.1, -0.05) is 0 Å². The van der Waals surface area contributed by atoms with Crippen molar-refractivity contribution >= 4 is 17.7 Å². The maximum absolute atomic E-state index is 12.9. The van der Waals surface area contributed by atoms with Crippen molar-refractivity contribution in [1.82, 2.24) is 0 Å². The standard InChI is InChI=1S/C11H9F4NO/c1-7(17)16-10-3-2-9(12)6-8(10)4-5-11(13,14)15/h2-6H,1H3,(H,16,17)/b5-4+. The second kappa shape index (κ2) is 4.99. The van der Waals surface area contributed by atoms with Gasteiger partial charge in [0.2, 0.25) is 5.91 Å². The van der Waals surface area contributed by atoms with Crippen molar-refractivity contribution in [3.63, 3.8) is 0 Å². The van der Waals surface area contributed by atoms with Crippen molar-refractivity contribution in [2.24, 2.45) is 0 Å². The molecule has 92 valence electrons. The van der Waals surface area contributed by atoms with Crippen molar-refractivity contribution in [2.75, 3.05) is 5.32 Å². The van der Waals surface area contributed by atoms with Gasteiger partial charge in [0.15, 0.2) is 0 Å². The Morgan fingerprint density at radius 1 is 1.35 bits per heavy atom. The number of hydrogen-bond acceptors (Lipinski definition) is 1. The topological polar surface area (TPSA) is 29.1 Å². The molecule has 1 N–H and O–H groups in total. The van der Waals surface area contributed by atoms with Gasteiger partial charge in [0.05, 0.1) is 0 Å². The average Bonchev–Trinajstić information content (AvgIpc) is 2.16. The lowest BCUT2D eigenvalue weighted by atomic mass is 10.1. The number of carbonyl (C=O) groups excluding carboxylic acids is 1. The number of carbonyl (C=O) groups is 1. The van der Waals surface area contributed by atoms with Crippen LogP contribution in [0.15, 0.2) is 24.3 Å². The average molecular weight is 247 g/mol. The first-order valence-electron chi connectivity index (χ1n) is 4.61. The van der Waals surface area contributed by atoms with Gasteiger partial charge in [0, 0.05) is 24.3 Å². The van der Waals surface area contributed by atoms with Crippen molar-refractivity contribution in [3.8, 4) is 0 Å². The molecule has 17 heavy (non-hydrogen) atoms. The highest BCUT2D eigenvalue weighted by Crippen LogP contribution is 2.23. The van der Waals surface area contributed by atoms with Gasteiger partial charge in [-0.3, -0.25) is 4.79 Å². The minimum Gasteiger partial charge on any atom is -0.326 e. The SMILES string of the molecule is CC(=O)Nc1ccc(F)cc1/C=C/C(F)(F)F. The summed E-state index contributed by atoms with van der Waals surface area (Å²) < 4.78 is 48.8. The van der Waals surface area contributed by atoms with E-state index in [9.17, 15) is 22.4 Å². The summed E-state index contributed by atoms with van der Waals surface area (Å²) in [6, 6.07) is 3.16. The van der Waals surface area contributed by atoms with Crippen LogP contribution in [0.25, 0.3) is 6.08 Å². The Morgan fingerprint density at radius 3 is 2.53 bits per heavy atom. The van der Waals surface area contributed by atoms with Crippen LogP contribution in [-0.2, 0) is 4.79 Å². The number of allylic oxidation sites excluding steroid dienone is 1. The molecule has 0 unspecified atom stereocenters. The van der Waals surface area contributed by atoms with E-state index in [1.54, 1.807) is 0 Å². The smallest absolute Gasteiger partial charge is 0.326 e. The van der Waals surface area contributed by atoms with E-state index in [2.05, 4.69) is 5.32 Å². The molecule has 0 aliphatic heterocycles. The number of anilines is 1. The van der Waals surface area contributed by atoms with Gasteiger partial charge in [-0.2, -0.15) is 13.2 Å². The zero-order chi connectivity index (χ0) is 13.1. The fourth-order valence-electron chi connectivity index (χ4n) is 1.16.